The maximum Gasteiger partial charge on any atom is 0.238 e. The van der Waals surface area contributed by atoms with Gasteiger partial charge in [0.2, 0.25) is 15.9 Å². The van der Waals surface area contributed by atoms with Gasteiger partial charge in [-0.25, -0.2) is 12.8 Å². The summed E-state index contributed by atoms with van der Waals surface area (Å²) >= 11 is 0. The van der Waals surface area contributed by atoms with Crippen LogP contribution in [-0.4, -0.2) is 49.3 Å². The van der Waals surface area contributed by atoms with Gasteiger partial charge in [-0.2, -0.15) is 4.31 Å². The first-order chi connectivity index (χ1) is 20.3. The zero-order chi connectivity index (χ0) is 29.5. The Bertz CT molecular complexity index is 1720. The lowest BCUT2D eigenvalue weighted by Crippen LogP contribution is -2.45. The highest BCUT2D eigenvalue weighted by Crippen LogP contribution is 2.19. The summed E-state index contributed by atoms with van der Waals surface area (Å²) in [5, 5.41) is 1.46. The van der Waals surface area contributed by atoms with Crippen molar-refractivity contribution in [1.29, 1.82) is 0 Å². The van der Waals surface area contributed by atoms with Crippen molar-refractivity contribution in [2.75, 3.05) is 19.7 Å². The average Bonchev–Trinajstić information content (AvgIpc) is 3.52. The van der Waals surface area contributed by atoms with Gasteiger partial charge in [-0.15, -0.1) is 0 Å². The molecule has 0 aliphatic carbocycles. The fraction of sp³-hybridized carbons (Fsp3) is 0.250. The molecule has 3 aromatic carbocycles. The number of ether oxygens (including phenoxy) is 1. The molecular weight excluding hydrogens is 559 g/mol. The van der Waals surface area contributed by atoms with Gasteiger partial charge in [0.05, 0.1) is 36.4 Å². The summed E-state index contributed by atoms with van der Waals surface area (Å²) in [6, 6.07) is 21.5. The van der Waals surface area contributed by atoms with Crippen molar-refractivity contribution in [2.45, 2.75) is 32.0 Å². The number of carbonyl (C=O) groups excluding carboxylic acids is 1. The Morgan fingerprint density at radius 2 is 1.71 bits per heavy atom. The number of halogens is 1. The molecule has 8 nitrogen and oxygen atoms in total. The van der Waals surface area contributed by atoms with Gasteiger partial charge in [-0.05, 0) is 54.3 Å². The highest BCUT2D eigenvalue weighted by Gasteiger charge is 2.30. The first kappa shape index (κ1) is 29.4. The summed E-state index contributed by atoms with van der Waals surface area (Å²) in [5.74, 6) is -0.951. The van der Waals surface area contributed by atoms with Crippen molar-refractivity contribution >= 4 is 33.0 Å². The normalized spacial score (nSPS) is 15.5. The van der Waals surface area contributed by atoms with E-state index in [0.717, 1.165) is 16.1 Å². The zero-order valence-corrected chi connectivity index (χ0v) is 23.7. The van der Waals surface area contributed by atoms with Crippen molar-refractivity contribution in [2.24, 2.45) is 0 Å². The highest BCUT2D eigenvalue weighted by atomic mass is 32.2. The molecule has 4 aromatic rings. The lowest BCUT2D eigenvalue weighted by Gasteiger charge is -2.28. The van der Waals surface area contributed by atoms with Gasteiger partial charge in [0.25, 0.3) is 0 Å². The van der Waals surface area contributed by atoms with Crippen LogP contribution in [0.4, 0.5) is 4.39 Å². The van der Waals surface area contributed by atoms with Crippen LogP contribution in [0.25, 0.3) is 17.0 Å². The van der Waals surface area contributed by atoms with Crippen LogP contribution in [0, 0.1) is 5.82 Å². The SMILES string of the molecule is O=C(CN(CC1CCCO1)S(=O)(=O)C=Cc1ccccc1)N(Cc1ccc(F)cc1)Cc1coc2ccccc2c1=O. The molecule has 218 valence electrons. The average molecular weight is 591 g/mol. The number of rotatable bonds is 11. The number of carbonyl (C=O) groups is 1. The Balaban J connectivity index is 1.44. The second-order valence-electron chi connectivity index (χ2n) is 10.1. The van der Waals surface area contributed by atoms with Crippen LogP contribution in [0.15, 0.2) is 99.7 Å². The molecule has 1 amide bonds. The minimum absolute atomic E-state index is 0.00963. The van der Waals surface area contributed by atoms with Crippen LogP contribution in [0.3, 0.4) is 0 Å². The third-order valence-corrected chi connectivity index (χ3v) is 8.56. The Morgan fingerprint density at radius 1 is 0.976 bits per heavy atom. The van der Waals surface area contributed by atoms with Gasteiger partial charge in [0.15, 0.2) is 5.43 Å². The fourth-order valence-electron chi connectivity index (χ4n) is 4.81. The number of hydrogen-bond acceptors (Lipinski definition) is 6. The van der Waals surface area contributed by atoms with Crippen LogP contribution >= 0.6 is 0 Å². The third kappa shape index (κ3) is 7.39. The molecule has 2 heterocycles. The summed E-state index contributed by atoms with van der Waals surface area (Å²) in [7, 11) is -4.03. The highest BCUT2D eigenvalue weighted by molar-refractivity contribution is 7.92. The molecule has 1 unspecified atom stereocenters. The Labute approximate surface area is 243 Å². The van der Waals surface area contributed by atoms with Crippen LogP contribution in [0.1, 0.15) is 29.5 Å². The minimum Gasteiger partial charge on any atom is -0.464 e. The second kappa shape index (κ2) is 13.2. The summed E-state index contributed by atoms with van der Waals surface area (Å²) in [6.07, 6.45) is 3.95. The molecule has 0 N–H and O–H groups in total. The van der Waals surface area contributed by atoms with Crippen molar-refractivity contribution in [3.8, 4) is 0 Å². The molecule has 0 saturated carbocycles. The monoisotopic (exact) mass is 590 g/mol. The van der Waals surface area contributed by atoms with Gasteiger partial charge >= 0.3 is 0 Å². The first-order valence-electron chi connectivity index (χ1n) is 13.6. The van der Waals surface area contributed by atoms with Gasteiger partial charge in [-0.1, -0.05) is 54.6 Å². The molecule has 1 fully saturated rings. The molecule has 42 heavy (non-hydrogen) atoms. The van der Waals surface area contributed by atoms with Crippen molar-refractivity contribution in [3.05, 3.63) is 123 Å². The molecule has 10 heteroatoms. The van der Waals surface area contributed by atoms with E-state index in [0.29, 0.717) is 35.1 Å². The standard InChI is InChI=1S/C32H31FN2O6S/c33-27-14-12-25(13-15-27)19-34(20-26-23-41-30-11-5-4-10-29(30)32(26)37)31(36)22-35(21-28-9-6-17-40-28)42(38,39)18-16-24-7-2-1-3-8-24/h1-5,7-8,10-16,18,23,28H,6,9,17,19-22H2. The molecule has 1 aliphatic rings. The molecule has 5 rings (SSSR count). The molecule has 1 atom stereocenters. The Morgan fingerprint density at radius 3 is 2.45 bits per heavy atom. The van der Waals surface area contributed by atoms with E-state index in [1.165, 1.54) is 29.4 Å². The molecule has 1 aromatic heterocycles. The van der Waals surface area contributed by atoms with Crippen LogP contribution in [0.2, 0.25) is 0 Å². The van der Waals surface area contributed by atoms with E-state index in [2.05, 4.69) is 0 Å². The van der Waals surface area contributed by atoms with Gasteiger partial charge in [0, 0.05) is 25.1 Å². The van der Waals surface area contributed by atoms with E-state index in [1.54, 1.807) is 60.7 Å². The molecule has 1 saturated heterocycles. The first-order valence-corrected chi connectivity index (χ1v) is 15.2. The van der Waals surface area contributed by atoms with Crippen LogP contribution < -0.4 is 5.43 Å². The van der Waals surface area contributed by atoms with E-state index in [1.807, 2.05) is 6.07 Å². The number of para-hydroxylation sites is 1. The number of sulfonamides is 1. The summed E-state index contributed by atoms with van der Waals surface area (Å²) < 4.78 is 53.1. The number of nitrogens with zero attached hydrogens (tertiary/aromatic N) is 2. The second-order valence-corrected chi connectivity index (χ2v) is 12.0. The molecule has 0 radical (unpaired) electrons. The molecule has 0 bridgehead atoms. The molecule has 1 aliphatic heterocycles. The largest absolute Gasteiger partial charge is 0.464 e. The van der Waals surface area contributed by atoms with E-state index in [4.69, 9.17) is 9.15 Å². The van der Waals surface area contributed by atoms with Gasteiger partial charge in [0.1, 0.15) is 11.4 Å². The summed E-state index contributed by atoms with van der Waals surface area (Å²) in [6.45, 7) is -0.0337. The van der Waals surface area contributed by atoms with E-state index < -0.39 is 28.3 Å². The number of hydrogen-bond donors (Lipinski definition) is 0. The summed E-state index contributed by atoms with van der Waals surface area (Å²) in [5.41, 5.74) is 1.68. The Kier molecular flexibility index (Phi) is 9.26. The van der Waals surface area contributed by atoms with Gasteiger partial charge < -0.3 is 14.1 Å². The smallest absolute Gasteiger partial charge is 0.238 e. The minimum atomic E-state index is -4.03. The number of amides is 1. The number of benzene rings is 3. The topological polar surface area (TPSA) is 97.1 Å². The maximum absolute atomic E-state index is 13.8. The maximum atomic E-state index is 13.8. The summed E-state index contributed by atoms with van der Waals surface area (Å²) in [4.78, 5) is 28.5. The quantitative estimate of drug-likeness (QED) is 0.246. The number of fused-ring (bicyclic) bond motifs is 1. The molecule has 0 spiro atoms. The predicted molar refractivity (Wildman–Crippen MR) is 158 cm³/mol. The van der Waals surface area contributed by atoms with E-state index in [-0.39, 0.29) is 36.7 Å². The fourth-order valence-corrected chi connectivity index (χ4v) is 5.98. The molecular formula is C32H31FN2O6S. The van der Waals surface area contributed by atoms with Crippen molar-refractivity contribution in [3.63, 3.8) is 0 Å². The van der Waals surface area contributed by atoms with E-state index in [9.17, 15) is 22.4 Å². The van der Waals surface area contributed by atoms with Gasteiger partial charge in [-0.3, -0.25) is 9.59 Å². The lowest BCUT2D eigenvalue weighted by atomic mass is 10.1. The third-order valence-electron chi connectivity index (χ3n) is 7.09. The van der Waals surface area contributed by atoms with Crippen molar-refractivity contribution in [1.82, 2.24) is 9.21 Å². The Hall–Kier alpha value is -4.12. The van der Waals surface area contributed by atoms with Crippen molar-refractivity contribution < 1.29 is 26.8 Å². The lowest BCUT2D eigenvalue weighted by molar-refractivity contribution is -0.132. The van der Waals surface area contributed by atoms with Crippen LogP contribution in [-0.2, 0) is 32.6 Å². The van der Waals surface area contributed by atoms with Crippen LogP contribution in [0.5, 0.6) is 0 Å². The van der Waals surface area contributed by atoms with E-state index >= 15 is 0 Å². The zero-order valence-electron chi connectivity index (χ0n) is 22.9. The predicted octanol–water partition coefficient (Wildman–Crippen LogP) is 4.94.